The standard InChI is InChI=1S/C26H21ClN4O4/c27-18-6-1-3-8-21(18)34-22-9-4-2-7-19(22)29-24(32)17-11-13-31(14-12-17)26-20(16-28)30-25(35-26)23-10-5-15-33-23/h1-10,15,17H,11-14H2,(H,29,32). The van der Waals surface area contributed by atoms with Crippen LogP contribution in [0.3, 0.4) is 0 Å². The van der Waals surface area contributed by atoms with Crippen molar-refractivity contribution in [1.29, 1.82) is 5.26 Å². The molecule has 2 aromatic carbocycles. The number of piperidine rings is 1. The molecule has 9 heteroatoms. The number of ether oxygens (including phenoxy) is 1. The van der Waals surface area contributed by atoms with Gasteiger partial charge >= 0.3 is 0 Å². The number of nitrogens with one attached hydrogen (secondary N) is 1. The number of benzene rings is 2. The van der Waals surface area contributed by atoms with Gasteiger partial charge in [0.2, 0.25) is 17.5 Å². The van der Waals surface area contributed by atoms with Crippen LogP contribution in [0.5, 0.6) is 11.5 Å². The van der Waals surface area contributed by atoms with E-state index in [9.17, 15) is 10.1 Å². The molecule has 0 spiro atoms. The van der Waals surface area contributed by atoms with Crippen molar-refractivity contribution in [3.8, 4) is 29.2 Å². The van der Waals surface area contributed by atoms with Crippen molar-refractivity contribution < 1.29 is 18.4 Å². The molecular weight excluding hydrogens is 468 g/mol. The molecule has 3 heterocycles. The van der Waals surface area contributed by atoms with Gasteiger partial charge in [-0.2, -0.15) is 10.2 Å². The number of oxazole rings is 1. The second kappa shape index (κ2) is 9.95. The summed E-state index contributed by atoms with van der Waals surface area (Å²) in [5, 5.41) is 13.0. The van der Waals surface area contributed by atoms with Gasteiger partial charge in [-0.3, -0.25) is 4.79 Å². The number of carbonyl (C=O) groups is 1. The van der Waals surface area contributed by atoms with E-state index in [1.165, 1.54) is 6.26 Å². The second-order valence-corrected chi connectivity index (χ2v) is 8.45. The van der Waals surface area contributed by atoms with E-state index in [1.54, 1.807) is 36.4 Å². The van der Waals surface area contributed by atoms with Gasteiger partial charge in [0.05, 0.1) is 17.0 Å². The first kappa shape index (κ1) is 22.6. The molecule has 0 atom stereocenters. The summed E-state index contributed by atoms with van der Waals surface area (Å²) in [7, 11) is 0. The molecule has 35 heavy (non-hydrogen) atoms. The van der Waals surface area contributed by atoms with Crippen LogP contribution in [0.2, 0.25) is 5.02 Å². The fourth-order valence-electron chi connectivity index (χ4n) is 3.99. The quantitative estimate of drug-likeness (QED) is 0.349. The van der Waals surface area contributed by atoms with Gasteiger partial charge in [-0.15, -0.1) is 0 Å². The van der Waals surface area contributed by atoms with E-state index in [-0.39, 0.29) is 23.4 Å². The summed E-state index contributed by atoms with van der Waals surface area (Å²) in [6.07, 6.45) is 2.72. The van der Waals surface area contributed by atoms with Crippen LogP contribution in [0.15, 0.2) is 75.8 Å². The maximum atomic E-state index is 13.1. The van der Waals surface area contributed by atoms with E-state index in [0.29, 0.717) is 59.8 Å². The number of halogens is 1. The first-order valence-electron chi connectivity index (χ1n) is 11.1. The van der Waals surface area contributed by atoms with Crippen molar-refractivity contribution >= 4 is 29.1 Å². The molecule has 1 aliphatic heterocycles. The molecule has 1 amide bonds. The largest absolute Gasteiger partial charge is 0.459 e. The normalized spacial score (nSPS) is 13.9. The summed E-state index contributed by atoms with van der Waals surface area (Å²) < 4.78 is 17.1. The Morgan fingerprint density at radius 1 is 1.09 bits per heavy atom. The number of hydrogen-bond donors (Lipinski definition) is 1. The number of anilines is 2. The summed E-state index contributed by atoms with van der Waals surface area (Å²) in [5.41, 5.74) is 0.773. The van der Waals surface area contributed by atoms with Crippen LogP contribution in [-0.2, 0) is 4.79 Å². The third-order valence-corrected chi connectivity index (χ3v) is 6.11. The topological polar surface area (TPSA) is 105 Å². The van der Waals surface area contributed by atoms with Gasteiger partial charge in [-0.25, -0.2) is 0 Å². The number of para-hydroxylation sites is 3. The van der Waals surface area contributed by atoms with E-state index in [1.807, 2.05) is 29.2 Å². The van der Waals surface area contributed by atoms with Crippen LogP contribution in [0.25, 0.3) is 11.7 Å². The van der Waals surface area contributed by atoms with Crippen molar-refractivity contribution in [3.05, 3.63) is 77.6 Å². The second-order valence-electron chi connectivity index (χ2n) is 8.04. The number of amides is 1. The lowest BCUT2D eigenvalue weighted by atomic mass is 9.95. The van der Waals surface area contributed by atoms with Crippen LogP contribution in [0.1, 0.15) is 18.5 Å². The Morgan fingerprint density at radius 3 is 2.54 bits per heavy atom. The molecule has 0 bridgehead atoms. The third kappa shape index (κ3) is 4.86. The zero-order valence-electron chi connectivity index (χ0n) is 18.6. The van der Waals surface area contributed by atoms with E-state index in [2.05, 4.69) is 16.4 Å². The summed E-state index contributed by atoms with van der Waals surface area (Å²) >= 11 is 6.22. The summed E-state index contributed by atoms with van der Waals surface area (Å²) in [6, 6.07) is 20.0. The predicted molar refractivity (Wildman–Crippen MR) is 130 cm³/mol. The number of nitriles is 1. The highest BCUT2D eigenvalue weighted by Gasteiger charge is 2.29. The first-order chi connectivity index (χ1) is 17.1. The SMILES string of the molecule is N#Cc1nc(-c2ccco2)oc1N1CCC(C(=O)Nc2ccccc2Oc2ccccc2Cl)CC1. The van der Waals surface area contributed by atoms with Crippen molar-refractivity contribution in [2.75, 3.05) is 23.3 Å². The van der Waals surface area contributed by atoms with Crippen molar-refractivity contribution in [1.82, 2.24) is 4.98 Å². The Bertz CT molecular complexity index is 1370. The molecule has 1 saturated heterocycles. The van der Waals surface area contributed by atoms with Gasteiger partial charge in [0.15, 0.2) is 11.5 Å². The zero-order valence-corrected chi connectivity index (χ0v) is 19.4. The molecule has 0 unspecified atom stereocenters. The van der Waals surface area contributed by atoms with E-state index in [4.69, 9.17) is 25.2 Å². The monoisotopic (exact) mass is 488 g/mol. The molecule has 176 valence electrons. The van der Waals surface area contributed by atoms with Gasteiger partial charge in [0.1, 0.15) is 11.8 Å². The molecule has 8 nitrogen and oxygen atoms in total. The smallest absolute Gasteiger partial charge is 0.266 e. The first-order valence-corrected chi connectivity index (χ1v) is 11.5. The number of carbonyl (C=O) groups excluding carboxylic acids is 1. The van der Waals surface area contributed by atoms with Gasteiger partial charge in [0, 0.05) is 19.0 Å². The Balaban J connectivity index is 1.24. The minimum Gasteiger partial charge on any atom is -0.459 e. The molecule has 1 fully saturated rings. The van der Waals surface area contributed by atoms with E-state index < -0.39 is 0 Å². The number of nitrogens with zero attached hydrogens (tertiary/aromatic N) is 3. The minimum atomic E-state index is -0.197. The number of rotatable bonds is 6. The maximum Gasteiger partial charge on any atom is 0.266 e. The molecule has 4 aromatic rings. The average molecular weight is 489 g/mol. The van der Waals surface area contributed by atoms with Gasteiger partial charge in [-0.1, -0.05) is 35.9 Å². The average Bonchev–Trinajstić information content (AvgIpc) is 3.57. The minimum absolute atomic E-state index is 0.0887. The van der Waals surface area contributed by atoms with Crippen LogP contribution in [0, 0.1) is 17.2 Å². The Morgan fingerprint density at radius 2 is 1.83 bits per heavy atom. The highest BCUT2D eigenvalue weighted by molar-refractivity contribution is 6.32. The van der Waals surface area contributed by atoms with Crippen LogP contribution in [-0.4, -0.2) is 24.0 Å². The fraction of sp³-hybridized carbons (Fsp3) is 0.192. The summed E-state index contributed by atoms with van der Waals surface area (Å²) in [6.45, 7) is 1.11. The Labute approximate surface area is 206 Å². The molecule has 1 N–H and O–H groups in total. The number of hydrogen-bond acceptors (Lipinski definition) is 7. The van der Waals surface area contributed by atoms with Crippen LogP contribution in [0.4, 0.5) is 11.6 Å². The molecule has 1 aliphatic rings. The Hall–Kier alpha value is -4.22. The molecule has 0 radical (unpaired) electrons. The molecule has 0 aliphatic carbocycles. The highest BCUT2D eigenvalue weighted by Crippen LogP contribution is 2.35. The summed E-state index contributed by atoms with van der Waals surface area (Å²) in [4.78, 5) is 19.2. The lowest BCUT2D eigenvalue weighted by Gasteiger charge is -2.31. The molecule has 2 aromatic heterocycles. The maximum absolute atomic E-state index is 13.1. The van der Waals surface area contributed by atoms with Gasteiger partial charge in [-0.05, 0) is 49.2 Å². The van der Waals surface area contributed by atoms with Crippen LogP contribution < -0.4 is 15.0 Å². The third-order valence-electron chi connectivity index (χ3n) is 5.80. The molecule has 5 rings (SSSR count). The highest BCUT2D eigenvalue weighted by atomic mass is 35.5. The van der Waals surface area contributed by atoms with Crippen molar-refractivity contribution in [2.24, 2.45) is 5.92 Å². The molecule has 0 saturated carbocycles. The zero-order chi connectivity index (χ0) is 24.2. The fourth-order valence-corrected chi connectivity index (χ4v) is 4.16. The lowest BCUT2D eigenvalue weighted by Crippen LogP contribution is -2.38. The van der Waals surface area contributed by atoms with Gasteiger partial charge in [0.25, 0.3) is 5.89 Å². The number of aromatic nitrogens is 1. The van der Waals surface area contributed by atoms with E-state index >= 15 is 0 Å². The molecular formula is C26H21ClN4O4. The van der Waals surface area contributed by atoms with E-state index in [0.717, 1.165) is 0 Å². The lowest BCUT2D eigenvalue weighted by molar-refractivity contribution is -0.120. The Kier molecular flexibility index (Phi) is 6.42. The predicted octanol–water partition coefficient (Wildman–Crippen LogP) is 6.11. The summed E-state index contributed by atoms with van der Waals surface area (Å²) in [5.74, 6) is 1.86. The van der Waals surface area contributed by atoms with Crippen LogP contribution >= 0.6 is 11.6 Å². The van der Waals surface area contributed by atoms with Gasteiger partial charge < -0.3 is 23.8 Å². The van der Waals surface area contributed by atoms with Crippen molar-refractivity contribution in [2.45, 2.75) is 12.8 Å². The van der Waals surface area contributed by atoms with Crippen molar-refractivity contribution in [3.63, 3.8) is 0 Å². The number of furan rings is 1.